The molecule has 47 heavy (non-hydrogen) atoms. The minimum atomic E-state index is -0.545. The Labute approximate surface area is 289 Å². The Balaban J connectivity index is 1.28. The third-order valence-electron chi connectivity index (χ3n) is 9.16. The molecule has 2 heteroatoms. The molecule has 0 amide bonds. The molecule has 0 radical (unpaired) electrons. The number of hydrogen-bond donors (Lipinski definition) is 0. The SMILES string of the molecule is [2H]c1cc(-c2c([2H])c([2H])c([2H])c3c2oc2c([2H])c([2H])c([2H])c([2H])c23)c([2H])c([2H])c1N(c1ccc(-c2ccccc2)cc1)c1ccc2c(c1)C(C)(C)c1ccccc1-2. The normalized spacial score (nSPS) is 16.0. The van der Waals surface area contributed by atoms with Crippen molar-refractivity contribution in [2.24, 2.45) is 0 Å². The van der Waals surface area contributed by atoms with Gasteiger partial charge in [-0.25, -0.2) is 0 Å². The van der Waals surface area contributed by atoms with Gasteiger partial charge in [-0.3, -0.25) is 0 Å². The third-order valence-corrected chi connectivity index (χ3v) is 9.16. The van der Waals surface area contributed by atoms with E-state index < -0.39 is 42.3 Å². The monoisotopic (exact) mass is 613 g/mol. The van der Waals surface area contributed by atoms with Crippen LogP contribution in [0.1, 0.15) is 38.7 Å². The van der Waals surface area contributed by atoms with E-state index in [0.717, 1.165) is 27.8 Å². The van der Waals surface area contributed by atoms with E-state index in [4.69, 9.17) is 14.0 Å². The highest BCUT2D eigenvalue weighted by atomic mass is 16.3. The fourth-order valence-electron chi connectivity index (χ4n) is 6.78. The number of furan rings is 1. The second-order valence-electron chi connectivity index (χ2n) is 12.2. The maximum atomic E-state index is 9.54. The summed E-state index contributed by atoms with van der Waals surface area (Å²) in [6.45, 7) is 4.35. The van der Waals surface area contributed by atoms with E-state index >= 15 is 0 Å². The molecule has 9 rings (SSSR count). The smallest absolute Gasteiger partial charge is 0.143 e. The molecule has 0 unspecified atom stereocenters. The predicted octanol–water partition coefficient (Wildman–Crippen LogP) is 12.7. The third kappa shape index (κ3) is 4.40. The Kier molecular flexibility index (Phi) is 4.28. The molecule has 1 aliphatic carbocycles. The van der Waals surface area contributed by atoms with Gasteiger partial charge in [0.1, 0.15) is 11.2 Å². The van der Waals surface area contributed by atoms with Gasteiger partial charge in [0.15, 0.2) is 0 Å². The van der Waals surface area contributed by atoms with E-state index in [2.05, 4.69) is 38.1 Å². The molecule has 0 saturated carbocycles. The van der Waals surface area contributed by atoms with Crippen molar-refractivity contribution in [1.29, 1.82) is 0 Å². The number of benzene rings is 7. The Hall–Kier alpha value is -5.86. The maximum absolute atomic E-state index is 9.54. The van der Waals surface area contributed by atoms with Crippen LogP contribution in [-0.2, 0) is 5.41 Å². The van der Waals surface area contributed by atoms with Crippen molar-refractivity contribution in [3.05, 3.63) is 175 Å². The van der Waals surface area contributed by atoms with E-state index in [-0.39, 0.29) is 62.3 Å². The summed E-state index contributed by atoms with van der Waals surface area (Å²) in [6.07, 6.45) is 0. The first-order valence-corrected chi connectivity index (χ1v) is 15.5. The summed E-state index contributed by atoms with van der Waals surface area (Å²) in [5.41, 5.74) is 6.94. The largest absolute Gasteiger partial charge is 0.455 e. The molecule has 2 nitrogen and oxygen atoms in total. The van der Waals surface area contributed by atoms with Crippen molar-refractivity contribution in [2.75, 3.05) is 4.90 Å². The summed E-state index contributed by atoms with van der Waals surface area (Å²) < 4.78 is 94.5. The average Bonchev–Trinajstić information content (AvgIpc) is 3.72. The Morgan fingerprint density at radius 1 is 0.511 bits per heavy atom. The van der Waals surface area contributed by atoms with E-state index in [1.807, 2.05) is 72.8 Å². The summed E-state index contributed by atoms with van der Waals surface area (Å²) >= 11 is 0. The highest BCUT2D eigenvalue weighted by Crippen LogP contribution is 2.50. The number of rotatable bonds is 5. The maximum Gasteiger partial charge on any atom is 0.143 e. The van der Waals surface area contributed by atoms with Crippen molar-refractivity contribution in [1.82, 2.24) is 0 Å². The highest BCUT2D eigenvalue weighted by Gasteiger charge is 2.35. The zero-order valence-electron chi connectivity index (χ0n) is 35.7. The minimum Gasteiger partial charge on any atom is -0.455 e. The molecule has 0 saturated heterocycles. The lowest BCUT2D eigenvalue weighted by atomic mass is 9.82. The highest BCUT2D eigenvalue weighted by molar-refractivity contribution is 6.09. The van der Waals surface area contributed by atoms with E-state index in [0.29, 0.717) is 11.4 Å². The molecule has 1 aromatic heterocycles. The van der Waals surface area contributed by atoms with Crippen LogP contribution in [0.5, 0.6) is 0 Å². The van der Waals surface area contributed by atoms with Gasteiger partial charge in [-0.2, -0.15) is 0 Å². The average molecular weight is 614 g/mol. The van der Waals surface area contributed by atoms with E-state index in [1.54, 1.807) is 4.90 Å². The van der Waals surface area contributed by atoms with E-state index in [9.17, 15) is 4.11 Å². The van der Waals surface area contributed by atoms with Gasteiger partial charge in [-0.15, -0.1) is 0 Å². The van der Waals surface area contributed by atoms with Crippen LogP contribution < -0.4 is 4.90 Å². The van der Waals surface area contributed by atoms with Crippen molar-refractivity contribution < 1.29 is 18.1 Å². The standard InChI is InChI=1S/C45H33NO/c1-45(2)41-17-8-6-13-37(41)38-28-27-35(29-42(38)45)46(33-23-19-31(20-24-33)30-11-4-3-5-12-30)34-25-21-32(22-26-34)36-15-10-16-40-39-14-7-9-18-43(39)47-44(36)40/h3-29H,1-2H3/i7D,9D,10D,14D,15D,16D,18D,21D,25D,26D. The van der Waals surface area contributed by atoms with Crippen LogP contribution >= 0.6 is 0 Å². The molecule has 8 aromatic rings. The Bertz CT molecular complexity index is 2990. The van der Waals surface area contributed by atoms with Gasteiger partial charge in [-0.05, 0) is 81.3 Å². The zero-order valence-corrected chi connectivity index (χ0v) is 25.7. The second-order valence-corrected chi connectivity index (χ2v) is 12.2. The molecule has 0 fully saturated rings. The van der Waals surface area contributed by atoms with Crippen LogP contribution in [0.4, 0.5) is 17.1 Å². The number of para-hydroxylation sites is 2. The van der Waals surface area contributed by atoms with Gasteiger partial charge >= 0.3 is 0 Å². The molecule has 0 bridgehead atoms. The van der Waals surface area contributed by atoms with Crippen LogP contribution in [0.2, 0.25) is 0 Å². The molecular formula is C45H33NO. The zero-order chi connectivity index (χ0) is 40.2. The summed E-state index contributed by atoms with van der Waals surface area (Å²) in [5.74, 6) is 0. The quantitative estimate of drug-likeness (QED) is 0.192. The molecule has 0 spiro atoms. The molecule has 1 aliphatic rings. The summed E-state index contributed by atoms with van der Waals surface area (Å²) in [7, 11) is 0. The first-order valence-electron chi connectivity index (χ1n) is 20.5. The van der Waals surface area contributed by atoms with Crippen LogP contribution in [0.25, 0.3) is 55.3 Å². The van der Waals surface area contributed by atoms with Crippen LogP contribution in [-0.4, -0.2) is 0 Å². The molecule has 7 aromatic carbocycles. The summed E-state index contributed by atoms with van der Waals surface area (Å²) in [4.78, 5) is 1.80. The Morgan fingerprint density at radius 3 is 2.11 bits per heavy atom. The first kappa shape index (κ1) is 19.0. The summed E-state index contributed by atoms with van der Waals surface area (Å²) in [6, 6.07) is 29.1. The van der Waals surface area contributed by atoms with Gasteiger partial charge in [0.05, 0.1) is 13.7 Å². The van der Waals surface area contributed by atoms with Crippen molar-refractivity contribution in [2.45, 2.75) is 19.3 Å². The lowest BCUT2D eigenvalue weighted by Gasteiger charge is -2.28. The predicted molar refractivity (Wildman–Crippen MR) is 197 cm³/mol. The van der Waals surface area contributed by atoms with Gasteiger partial charge in [0.2, 0.25) is 0 Å². The van der Waals surface area contributed by atoms with Gasteiger partial charge in [0.25, 0.3) is 0 Å². The fourth-order valence-corrected chi connectivity index (χ4v) is 6.78. The van der Waals surface area contributed by atoms with Gasteiger partial charge < -0.3 is 9.32 Å². The first-order chi connectivity index (χ1) is 27.2. The summed E-state index contributed by atoms with van der Waals surface area (Å²) in [5, 5.41) is -0.209. The number of nitrogens with zero attached hydrogens (tertiary/aromatic N) is 1. The second kappa shape index (κ2) is 10.6. The number of hydrogen-bond acceptors (Lipinski definition) is 2. The van der Waals surface area contributed by atoms with Crippen LogP contribution in [0.3, 0.4) is 0 Å². The molecule has 1 heterocycles. The molecule has 0 aliphatic heterocycles. The van der Waals surface area contributed by atoms with Crippen molar-refractivity contribution >= 4 is 39.0 Å². The number of anilines is 3. The van der Waals surface area contributed by atoms with Crippen molar-refractivity contribution in [3.8, 4) is 33.4 Å². The topological polar surface area (TPSA) is 16.4 Å². The van der Waals surface area contributed by atoms with Crippen LogP contribution in [0.15, 0.2) is 168 Å². The lowest BCUT2D eigenvalue weighted by molar-refractivity contribution is 0.660. The van der Waals surface area contributed by atoms with Crippen LogP contribution in [0, 0.1) is 0 Å². The molecule has 0 N–H and O–H groups in total. The molecular weight excluding hydrogens is 571 g/mol. The molecule has 224 valence electrons. The molecule has 0 atom stereocenters. The van der Waals surface area contributed by atoms with E-state index in [1.165, 1.54) is 11.6 Å². The van der Waals surface area contributed by atoms with Gasteiger partial charge in [-0.1, -0.05) is 135 Å². The fraction of sp³-hybridized carbons (Fsp3) is 0.0667. The minimum absolute atomic E-state index is 0.0727. The number of fused-ring (bicyclic) bond motifs is 6. The van der Waals surface area contributed by atoms with Crippen molar-refractivity contribution in [3.63, 3.8) is 0 Å². The van der Waals surface area contributed by atoms with Gasteiger partial charge in [0, 0.05) is 38.8 Å². The Morgan fingerprint density at radius 2 is 1.23 bits per heavy atom. The lowest BCUT2D eigenvalue weighted by Crippen LogP contribution is -2.16.